The number of hydrogen-bond acceptors (Lipinski definition) is 3. The van der Waals surface area contributed by atoms with E-state index in [1.54, 1.807) is 0 Å². The molecular formula is C10H9ClF3NO3. The number of methoxy groups -OCH3 is 1. The summed E-state index contributed by atoms with van der Waals surface area (Å²) >= 11 is 5.54. The van der Waals surface area contributed by atoms with E-state index in [1.807, 2.05) is 0 Å². The maximum atomic E-state index is 11.9. The van der Waals surface area contributed by atoms with Gasteiger partial charge in [-0.25, -0.2) is 4.79 Å². The number of hydrogen-bond donors (Lipinski definition) is 0. The lowest BCUT2D eigenvalue weighted by Crippen LogP contribution is -2.29. The minimum atomic E-state index is -4.75. The summed E-state index contributed by atoms with van der Waals surface area (Å²) in [7, 11) is 1.17. The molecule has 0 N–H and O–H groups in total. The fourth-order valence-corrected chi connectivity index (χ4v) is 1.40. The van der Waals surface area contributed by atoms with Crippen LogP contribution in [-0.4, -0.2) is 25.6 Å². The summed E-state index contributed by atoms with van der Waals surface area (Å²) in [5.74, 6) is -0.384. The molecule has 0 spiro atoms. The lowest BCUT2D eigenvalue weighted by Gasteiger charge is -2.18. The van der Waals surface area contributed by atoms with Crippen molar-refractivity contribution < 1.29 is 27.4 Å². The molecule has 0 aromatic heterocycles. The third kappa shape index (κ3) is 3.99. The number of ether oxygens (including phenoxy) is 2. The zero-order valence-electron chi connectivity index (χ0n) is 9.20. The standard InChI is InChI=1S/C10H9ClF3NO3/c1-17-9(16)15(6-11)7-2-4-8(5-3-7)18-10(12,13)14/h2-5H,6H2,1H3. The molecule has 1 aromatic rings. The maximum absolute atomic E-state index is 11.9. The third-order valence-electron chi connectivity index (χ3n) is 1.90. The number of benzene rings is 1. The van der Waals surface area contributed by atoms with Gasteiger partial charge in [-0.1, -0.05) is 0 Å². The van der Waals surface area contributed by atoms with Crippen LogP contribution in [0.1, 0.15) is 0 Å². The Kier molecular flexibility index (Phi) is 4.66. The molecule has 100 valence electrons. The van der Waals surface area contributed by atoms with Crippen LogP contribution < -0.4 is 9.64 Å². The van der Waals surface area contributed by atoms with Crippen molar-refractivity contribution in [3.63, 3.8) is 0 Å². The van der Waals surface area contributed by atoms with Gasteiger partial charge in [0.1, 0.15) is 11.8 Å². The smallest absolute Gasteiger partial charge is 0.452 e. The fraction of sp³-hybridized carbons (Fsp3) is 0.300. The summed E-state index contributed by atoms with van der Waals surface area (Å²) in [6.07, 6.45) is -5.47. The van der Waals surface area contributed by atoms with E-state index in [0.717, 1.165) is 17.0 Å². The first-order chi connectivity index (χ1) is 8.37. The Morgan fingerprint density at radius 3 is 2.28 bits per heavy atom. The number of alkyl halides is 4. The van der Waals surface area contributed by atoms with Crippen LogP contribution in [-0.2, 0) is 4.74 Å². The summed E-state index contributed by atoms with van der Waals surface area (Å²) in [5.41, 5.74) is 0.298. The molecule has 0 aliphatic carbocycles. The molecule has 0 saturated carbocycles. The number of carbonyl (C=O) groups excluding carboxylic acids is 1. The van der Waals surface area contributed by atoms with Crippen LogP contribution in [0.3, 0.4) is 0 Å². The van der Waals surface area contributed by atoms with Crippen molar-refractivity contribution in [1.82, 2.24) is 0 Å². The van der Waals surface area contributed by atoms with Gasteiger partial charge in [0.2, 0.25) is 0 Å². The fourth-order valence-electron chi connectivity index (χ4n) is 1.16. The molecule has 1 aromatic carbocycles. The highest BCUT2D eigenvalue weighted by Gasteiger charge is 2.31. The van der Waals surface area contributed by atoms with Crippen molar-refractivity contribution in [3.8, 4) is 5.75 Å². The molecule has 0 radical (unpaired) electrons. The molecule has 1 amide bonds. The number of rotatable bonds is 3. The Balaban J connectivity index is 2.84. The predicted molar refractivity (Wildman–Crippen MR) is 58.7 cm³/mol. The number of nitrogens with zero attached hydrogens (tertiary/aromatic N) is 1. The number of amides is 1. The predicted octanol–water partition coefficient (Wildman–Crippen LogP) is 3.35. The van der Waals surface area contributed by atoms with Crippen LogP contribution in [0.25, 0.3) is 0 Å². The number of carbonyl (C=O) groups is 1. The minimum Gasteiger partial charge on any atom is -0.452 e. The molecule has 0 bridgehead atoms. The van der Waals surface area contributed by atoms with Crippen molar-refractivity contribution in [3.05, 3.63) is 24.3 Å². The number of anilines is 1. The summed E-state index contributed by atoms with van der Waals surface area (Å²) in [6.45, 7) is 0. The summed E-state index contributed by atoms with van der Waals surface area (Å²) in [5, 5.41) is 0. The molecule has 0 unspecified atom stereocenters. The van der Waals surface area contributed by atoms with Gasteiger partial charge in [0.25, 0.3) is 0 Å². The van der Waals surface area contributed by atoms with Gasteiger partial charge in [0, 0.05) is 5.69 Å². The van der Waals surface area contributed by atoms with Crippen molar-refractivity contribution >= 4 is 23.4 Å². The molecule has 0 atom stereocenters. The second kappa shape index (κ2) is 5.81. The zero-order chi connectivity index (χ0) is 13.8. The largest absolute Gasteiger partial charge is 0.573 e. The molecule has 1 rings (SSSR count). The van der Waals surface area contributed by atoms with Crippen LogP contribution in [0.2, 0.25) is 0 Å². The van der Waals surface area contributed by atoms with E-state index < -0.39 is 12.5 Å². The first-order valence-electron chi connectivity index (χ1n) is 4.64. The lowest BCUT2D eigenvalue weighted by atomic mass is 10.3. The Morgan fingerprint density at radius 2 is 1.89 bits per heavy atom. The number of halogens is 4. The highest BCUT2D eigenvalue weighted by molar-refractivity contribution is 6.21. The van der Waals surface area contributed by atoms with Gasteiger partial charge >= 0.3 is 12.5 Å². The van der Waals surface area contributed by atoms with E-state index >= 15 is 0 Å². The van der Waals surface area contributed by atoms with Gasteiger partial charge in [-0.2, -0.15) is 0 Å². The summed E-state index contributed by atoms with van der Waals surface area (Å²) in [4.78, 5) is 12.3. The van der Waals surface area contributed by atoms with E-state index in [0.29, 0.717) is 5.69 Å². The van der Waals surface area contributed by atoms with Crippen LogP contribution in [0.5, 0.6) is 5.75 Å². The van der Waals surface area contributed by atoms with E-state index in [1.165, 1.54) is 19.2 Å². The first kappa shape index (κ1) is 14.4. The quantitative estimate of drug-likeness (QED) is 0.631. The highest BCUT2D eigenvalue weighted by Crippen LogP contribution is 2.25. The van der Waals surface area contributed by atoms with Crippen molar-refractivity contribution in [2.75, 3.05) is 18.0 Å². The van der Waals surface area contributed by atoms with Gasteiger partial charge in [-0.05, 0) is 24.3 Å². The van der Waals surface area contributed by atoms with Crippen LogP contribution in [0, 0.1) is 0 Å². The Bertz CT molecular complexity index is 408. The van der Waals surface area contributed by atoms with Crippen LogP contribution in [0.15, 0.2) is 24.3 Å². The molecule has 0 aliphatic rings. The average molecular weight is 284 g/mol. The van der Waals surface area contributed by atoms with Crippen LogP contribution >= 0.6 is 11.6 Å². The average Bonchev–Trinajstić information content (AvgIpc) is 2.30. The Hall–Kier alpha value is -1.63. The van der Waals surface area contributed by atoms with Gasteiger partial charge in [0.05, 0.1) is 7.11 Å². The molecule has 0 saturated heterocycles. The van der Waals surface area contributed by atoms with Gasteiger partial charge in [-0.15, -0.1) is 24.8 Å². The maximum Gasteiger partial charge on any atom is 0.573 e. The van der Waals surface area contributed by atoms with E-state index in [-0.39, 0.29) is 11.8 Å². The molecule has 0 heterocycles. The zero-order valence-corrected chi connectivity index (χ0v) is 9.96. The first-order valence-corrected chi connectivity index (χ1v) is 5.18. The third-order valence-corrected chi connectivity index (χ3v) is 2.14. The highest BCUT2D eigenvalue weighted by atomic mass is 35.5. The molecule has 0 aliphatic heterocycles. The second-order valence-electron chi connectivity index (χ2n) is 3.06. The van der Waals surface area contributed by atoms with Gasteiger partial charge < -0.3 is 9.47 Å². The molecular weight excluding hydrogens is 275 g/mol. The summed E-state index contributed by atoms with van der Waals surface area (Å²) < 4.78 is 43.9. The van der Waals surface area contributed by atoms with E-state index in [9.17, 15) is 18.0 Å². The monoisotopic (exact) mass is 283 g/mol. The van der Waals surface area contributed by atoms with Crippen molar-refractivity contribution in [2.45, 2.75) is 6.36 Å². The lowest BCUT2D eigenvalue weighted by molar-refractivity contribution is -0.274. The summed E-state index contributed by atoms with van der Waals surface area (Å²) in [6, 6.07) is 4.49. The Labute approximate surface area is 106 Å². The van der Waals surface area contributed by atoms with E-state index in [2.05, 4.69) is 9.47 Å². The minimum absolute atomic E-state index is 0.188. The Morgan fingerprint density at radius 1 is 1.33 bits per heavy atom. The normalized spacial score (nSPS) is 10.9. The van der Waals surface area contributed by atoms with E-state index in [4.69, 9.17) is 11.6 Å². The molecule has 4 nitrogen and oxygen atoms in total. The van der Waals surface area contributed by atoms with Gasteiger partial charge in [-0.3, -0.25) is 4.90 Å². The topological polar surface area (TPSA) is 38.8 Å². The molecule has 0 fully saturated rings. The second-order valence-corrected chi connectivity index (χ2v) is 3.30. The molecule has 18 heavy (non-hydrogen) atoms. The van der Waals surface area contributed by atoms with Crippen LogP contribution in [0.4, 0.5) is 23.7 Å². The SMILES string of the molecule is COC(=O)N(CCl)c1ccc(OC(F)(F)F)cc1. The molecule has 8 heteroatoms. The van der Waals surface area contributed by atoms with Crippen molar-refractivity contribution in [1.29, 1.82) is 0 Å². The van der Waals surface area contributed by atoms with Crippen molar-refractivity contribution in [2.24, 2.45) is 0 Å². The van der Waals surface area contributed by atoms with Gasteiger partial charge in [0.15, 0.2) is 0 Å².